The van der Waals surface area contributed by atoms with Gasteiger partial charge in [-0.25, -0.2) is 4.98 Å². The van der Waals surface area contributed by atoms with Crippen LogP contribution in [0, 0.1) is 12.3 Å². The van der Waals surface area contributed by atoms with E-state index in [9.17, 15) is 4.79 Å². The highest BCUT2D eigenvalue weighted by Crippen LogP contribution is 2.28. The first kappa shape index (κ1) is 13.0. The minimum absolute atomic E-state index is 0.129. The van der Waals surface area contributed by atoms with Crippen LogP contribution < -0.4 is 11.1 Å². The first-order valence-corrected chi connectivity index (χ1v) is 6.00. The van der Waals surface area contributed by atoms with Gasteiger partial charge in [-0.15, -0.1) is 0 Å². The average molecular weight is 253 g/mol. The molecule has 1 amide bonds. The van der Waals surface area contributed by atoms with E-state index in [2.05, 4.69) is 10.3 Å². The van der Waals surface area contributed by atoms with Crippen molar-refractivity contribution in [1.29, 1.82) is 0 Å². The van der Waals surface area contributed by atoms with Gasteiger partial charge in [0.1, 0.15) is 11.8 Å². The Hall–Kier alpha value is -1.40. The molecule has 3 unspecified atom stereocenters. The van der Waals surface area contributed by atoms with Crippen molar-refractivity contribution < 1.29 is 13.9 Å². The van der Waals surface area contributed by atoms with E-state index in [1.54, 1.807) is 6.20 Å². The standard InChI is InChI=1S/C12H19N3O3/c1-7-4-14-10(18-7)8(2)15-11(16)12(3)6-17-5-9(12)13/h4,8-9H,5-6,13H2,1-3H3,(H,15,16). The summed E-state index contributed by atoms with van der Waals surface area (Å²) in [6, 6.07) is -0.563. The SMILES string of the molecule is Cc1cnc(C(C)NC(=O)C2(C)COCC2N)o1. The predicted molar refractivity (Wildman–Crippen MR) is 64.7 cm³/mol. The number of nitrogens with one attached hydrogen (secondary N) is 1. The van der Waals surface area contributed by atoms with Gasteiger partial charge < -0.3 is 20.2 Å². The van der Waals surface area contributed by atoms with Crippen LogP contribution in [-0.2, 0) is 9.53 Å². The summed E-state index contributed by atoms with van der Waals surface area (Å²) in [6.45, 7) is 6.21. The fourth-order valence-corrected chi connectivity index (χ4v) is 1.92. The monoisotopic (exact) mass is 253 g/mol. The number of nitrogens with zero attached hydrogens (tertiary/aromatic N) is 1. The molecule has 3 N–H and O–H groups in total. The average Bonchev–Trinajstić information content (AvgIpc) is 2.87. The molecular weight excluding hydrogens is 234 g/mol. The lowest BCUT2D eigenvalue weighted by atomic mass is 9.84. The molecule has 0 saturated carbocycles. The second-order valence-corrected chi connectivity index (χ2v) is 5.04. The Morgan fingerprint density at radius 3 is 2.94 bits per heavy atom. The molecule has 1 fully saturated rings. The highest BCUT2D eigenvalue weighted by Gasteiger charge is 2.44. The van der Waals surface area contributed by atoms with Gasteiger partial charge in [0.25, 0.3) is 0 Å². The lowest BCUT2D eigenvalue weighted by Gasteiger charge is -2.26. The van der Waals surface area contributed by atoms with Gasteiger partial charge in [-0.3, -0.25) is 4.79 Å². The Morgan fingerprint density at radius 2 is 2.44 bits per heavy atom. The van der Waals surface area contributed by atoms with Crippen molar-refractivity contribution in [3.63, 3.8) is 0 Å². The number of ether oxygens (including phenoxy) is 1. The van der Waals surface area contributed by atoms with Crippen molar-refractivity contribution in [2.45, 2.75) is 32.9 Å². The quantitative estimate of drug-likeness (QED) is 0.819. The number of nitrogens with two attached hydrogens (primary N) is 1. The van der Waals surface area contributed by atoms with E-state index < -0.39 is 5.41 Å². The summed E-state index contributed by atoms with van der Waals surface area (Å²) < 4.78 is 10.6. The van der Waals surface area contributed by atoms with Crippen LogP contribution >= 0.6 is 0 Å². The molecule has 1 aliphatic heterocycles. The summed E-state index contributed by atoms with van der Waals surface area (Å²) in [6.07, 6.45) is 1.63. The number of hydrogen-bond acceptors (Lipinski definition) is 5. The third-order valence-corrected chi connectivity index (χ3v) is 3.39. The molecule has 18 heavy (non-hydrogen) atoms. The molecule has 0 aromatic carbocycles. The summed E-state index contributed by atoms with van der Waals surface area (Å²) in [4.78, 5) is 16.3. The number of amides is 1. The number of hydrogen-bond donors (Lipinski definition) is 2. The third kappa shape index (κ3) is 2.26. The minimum Gasteiger partial charge on any atom is -0.444 e. The van der Waals surface area contributed by atoms with Gasteiger partial charge in [0.15, 0.2) is 0 Å². The van der Waals surface area contributed by atoms with Crippen molar-refractivity contribution >= 4 is 5.91 Å². The second-order valence-electron chi connectivity index (χ2n) is 5.04. The molecule has 0 aliphatic carbocycles. The summed E-state index contributed by atoms with van der Waals surface area (Å²) in [5.74, 6) is 1.09. The Kier molecular flexibility index (Phi) is 3.41. The maximum absolute atomic E-state index is 12.2. The Bertz CT molecular complexity index is 446. The maximum atomic E-state index is 12.2. The Labute approximate surface area is 106 Å². The van der Waals surface area contributed by atoms with Crippen LogP contribution in [0.2, 0.25) is 0 Å². The van der Waals surface area contributed by atoms with Crippen molar-refractivity contribution in [2.75, 3.05) is 13.2 Å². The van der Waals surface area contributed by atoms with E-state index in [1.165, 1.54) is 0 Å². The van der Waals surface area contributed by atoms with E-state index in [0.717, 1.165) is 5.76 Å². The van der Waals surface area contributed by atoms with Gasteiger partial charge in [0.05, 0.1) is 24.8 Å². The molecule has 3 atom stereocenters. The number of aromatic nitrogens is 1. The molecule has 1 aliphatic rings. The molecule has 2 rings (SSSR count). The molecule has 1 aromatic rings. The van der Waals surface area contributed by atoms with Crippen molar-refractivity contribution in [2.24, 2.45) is 11.1 Å². The topological polar surface area (TPSA) is 90.4 Å². The second kappa shape index (κ2) is 4.70. The van der Waals surface area contributed by atoms with Gasteiger partial charge >= 0.3 is 0 Å². The maximum Gasteiger partial charge on any atom is 0.230 e. The van der Waals surface area contributed by atoms with Crippen molar-refractivity contribution in [1.82, 2.24) is 10.3 Å². The van der Waals surface area contributed by atoms with Gasteiger partial charge in [-0.1, -0.05) is 0 Å². The van der Waals surface area contributed by atoms with Gasteiger partial charge in [0.2, 0.25) is 11.8 Å². The smallest absolute Gasteiger partial charge is 0.230 e. The predicted octanol–water partition coefficient (Wildman–Crippen LogP) is 0.524. The fraction of sp³-hybridized carbons (Fsp3) is 0.667. The van der Waals surface area contributed by atoms with E-state index in [-0.39, 0.29) is 18.0 Å². The van der Waals surface area contributed by atoms with E-state index in [0.29, 0.717) is 19.1 Å². The zero-order valence-corrected chi connectivity index (χ0v) is 10.9. The molecule has 0 spiro atoms. The highest BCUT2D eigenvalue weighted by molar-refractivity contribution is 5.83. The number of rotatable bonds is 3. The number of carbonyl (C=O) groups excluding carboxylic acids is 1. The summed E-state index contributed by atoms with van der Waals surface area (Å²) in [7, 11) is 0. The van der Waals surface area contributed by atoms with Crippen LogP contribution in [0.15, 0.2) is 10.6 Å². The summed E-state index contributed by atoms with van der Waals surface area (Å²) in [5, 5.41) is 2.87. The molecular formula is C12H19N3O3. The zero-order chi connectivity index (χ0) is 13.3. The van der Waals surface area contributed by atoms with E-state index in [1.807, 2.05) is 20.8 Å². The minimum atomic E-state index is -0.685. The Balaban J connectivity index is 2.03. The molecule has 6 heteroatoms. The number of oxazole rings is 1. The van der Waals surface area contributed by atoms with E-state index in [4.69, 9.17) is 14.9 Å². The van der Waals surface area contributed by atoms with Crippen molar-refractivity contribution in [3.05, 3.63) is 17.8 Å². The van der Waals surface area contributed by atoms with Gasteiger partial charge in [-0.05, 0) is 20.8 Å². The van der Waals surface area contributed by atoms with Crippen LogP contribution in [0.25, 0.3) is 0 Å². The van der Waals surface area contributed by atoms with Crippen LogP contribution in [-0.4, -0.2) is 30.1 Å². The molecule has 0 radical (unpaired) electrons. The lowest BCUT2D eigenvalue weighted by molar-refractivity contribution is -0.131. The summed E-state index contributed by atoms with van der Waals surface area (Å²) in [5.41, 5.74) is 5.22. The third-order valence-electron chi connectivity index (χ3n) is 3.39. The molecule has 0 bridgehead atoms. The van der Waals surface area contributed by atoms with Gasteiger partial charge in [0, 0.05) is 6.04 Å². The number of carbonyl (C=O) groups is 1. The Morgan fingerprint density at radius 1 is 1.72 bits per heavy atom. The number of aryl methyl sites for hydroxylation is 1. The van der Waals surface area contributed by atoms with Crippen LogP contribution in [0.5, 0.6) is 0 Å². The molecule has 100 valence electrons. The zero-order valence-electron chi connectivity index (χ0n) is 10.9. The molecule has 6 nitrogen and oxygen atoms in total. The van der Waals surface area contributed by atoms with E-state index >= 15 is 0 Å². The first-order valence-electron chi connectivity index (χ1n) is 6.00. The largest absolute Gasteiger partial charge is 0.444 e. The van der Waals surface area contributed by atoms with Crippen LogP contribution in [0.4, 0.5) is 0 Å². The molecule has 1 saturated heterocycles. The van der Waals surface area contributed by atoms with Crippen molar-refractivity contribution in [3.8, 4) is 0 Å². The normalized spacial score (nSPS) is 29.2. The summed E-state index contributed by atoms with van der Waals surface area (Å²) >= 11 is 0. The van der Waals surface area contributed by atoms with Gasteiger partial charge in [-0.2, -0.15) is 0 Å². The first-order chi connectivity index (χ1) is 8.43. The molecule has 2 heterocycles. The molecule has 1 aromatic heterocycles. The highest BCUT2D eigenvalue weighted by atomic mass is 16.5. The lowest BCUT2D eigenvalue weighted by Crippen LogP contribution is -2.50. The van der Waals surface area contributed by atoms with Crippen LogP contribution in [0.3, 0.4) is 0 Å². The fourth-order valence-electron chi connectivity index (χ4n) is 1.92. The van der Waals surface area contributed by atoms with Crippen LogP contribution in [0.1, 0.15) is 31.5 Å².